The fourth-order valence-corrected chi connectivity index (χ4v) is 9.46. The molecular formula is C26H42O9. The summed E-state index contributed by atoms with van der Waals surface area (Å²) in [6.45, 7) is 3.44. The van der Waals surface area contributed by atoms with E-state index in [-0.39, 0.29) is 29.3 Å². The predicted octanol–water partition coefficient (Wildman–Crippen LogP) is 0.466. The van der Waals surface area contributed by atoms with Crippen molar-refractivity contribution in [3.63, 3.8) is 0 Å². The molecule has 0 aromatic rings. The number of carbonyl (C=O) groups is 1. The van der Waals surface area contributed by atoms with Crippen LogP contribution in [0.5, 0.6) is 0 Å². The van der Waals surface area contributed by atoms with Crippen molar-refractivity contribution < 1.29 is 44.9 Å². The van der Waals surface area contributed by atoms with Crippen LogP contribution in [0.1, 0.15) is 71.6 Å². The summed E-state index contributed by atoms with van der Waals surface area (Å²) in [5.74, 6) is 0.0529. The zero-order valence-corrected chi connectivity index (χ0v) is 20.8. The summed E-state index contributed by atoms with van der Waals surface area (Å²) < 4.78 is 11.1. The van der Waals surface area contributed by atoms with Crippen LogP contribution in [0.3, 0.4) is 0 Å². The van der Waals surface area contributed by atoms with Gasteiger partial charge in [-0.2, -0.15) is 0 Å². The number of esters is 1. The highest BCUT2D eigenvalue weighted by molar-refractivity contribution is 5.77. The van der Waals surface area contributed by atoms with Crippen LogP contribution >= 0.6 is 0 Å². The number of aliphatic hydroxyl groups is 6. The fraction of sp³-hybridized carbons (Fsp3) is 0.962. The molecule has 5 rings (SSSR count). The van der Waals surface area contributed by atoms with Crippen LogP contribution in [0.15, 0.2) is 0 Å². The molecule has 4 unspecified atom stereocenters. The van der Waals surface area contributed by atoms with Gasteiger partial charge in [-0.25, -0.2) is 0 Å². The van der Waals surface area contributed by atoms with Crippen molar-refractivity contribution in [1.29, 1.82) is 0 Å². The minimum Gasteiger partial charge on any atom is -0.432 e. The van der Waals surface area contributed by atoms with Crippen molar-refractivity contribution in [2.45, 2.75) is 108 Å². The molecule has 5 aliphatic rings. The molecule has 0 amide bonds. The summed E-state index contributed by atoms with van der Waals surface area (Å²) in [4.78, 5) is 13.7. The molecule has 0 aromatic carbocycles. The minimum atomic E-state index is -1.62. The molecule has 1 heterocycles. The molecule has 1 spiro atoms. The van der Waals surface area contributed by atoms with E-state index in [4.69, 9.17) is 9.47 Å². The standard InChI is InChI=1S/C26H42O9/c1-23-7-3-8-24(2,22(32)35-21-20(31)19(30)18(29)15(11-27)34-21)16(23)6-9-25-10-14(4-5-17(23)25)26(33,12-25)13-28/h14-21,27-31,33H,3-13H2,1-2H3/t14?,15-,16?,17?,18-,19+,20-,21+,23-,24+,25?,26-/m1/s1. The zero-order chi connectivity index (χ0) is 25.4. The fourth-order valence-electron chi connectivity index (χ4n) is 9.46. The quantitative estimate of drug-likeness (QED) is 0.303. The summed E-state index contributed by atoms with van der Waals surface area (Å²) in [6.07, 6.45) is 0.327. The van der Waals surface area contributed by atoms with Gasteiger partial charge in [-0.15, -0.1) is 0 Å². The molecular weight excluding hydrogens is 456 g/mol. The smallest absolute Gasteiger partial charge is 0.314 e. The van der Waals surface area contributed by atoms with Gasteiger partial charge < -0.3 is 40.1 Å². The first-order valence-electron chi connectivity index (χ1n) is 13.3. The van der Waals surface area contributed by atoms with E-state index in [1.54, 1.807) is 0 Å². The molecule has 200 valence electrons. The van der Waals surface area contributed by atoms with Crippen LogP contribution < -0.4 is 0 Å². The summed E-state index contributed by atoms with van der Waals surface area (Å²) >= 11 is 0. The number of ether oxygens (including phenoxy) is 2. The topological polar surface area (TPSA) is 157 Å². The second-order valence-corrected chi connectivity index (χ2v) is 12.8. The van der Waals surface area contributed by atoms with Crippen molar-refractivity contribution in [2.75, 3.05) is 13.2 Å². The highest BCUT2D eigenvalue weighted by Gasteiger charge is 2.68. The van der Waals surface area contributed by atoms with Crippen LogP contribution in [0, 0.1) is 34.0 Å². The van der Waals surface area contributed by atoms with Crippen molar-refractivity contribution >= 4 is 5.97 Å². The van der Waals surface area contributed by atoms with Crippen LogP contribution in [-0.2, 0) is 14.3 Å². The molecule has 5 fully saturated rings. The molecule has 0 aromatic heterocycles. The molecule has 12 atom stereocenters. The lowest BCUT2D eigenvalue weighted by Crippen LogP contribution is -2.61. The lowest BCUT2D eigenvalue weighted by atomic mass is 9.41. The lowest BCUT2D eigenvalue weighted by molar-refractivity contribution is -0.298. The Hall–Kier alpha value is -0.810. The molecule has 9 heteroatoms. The normalized spacial score (nSPS) is 55.7. The Labute approximate surface area is 206 Å². The Morgan fingerprint density at radius 3 is 2.40 bits per heavy atom. The van der Waals surface area contributed by atoms with Gasteiger partial charge in [-0.1, -0.05) is 13.3 Å². The first kappa shape index (κ1) is 25.8. The van der Waals surface area contributed by atoms with Gasteiger partial charge in [0.1, 0.15) is 24.4 Å². The largest absolute Gasteiger partial charge is 0.432 e. The molecule has 4 aliphatic carbocycles. The van der Waals surface area contributed by atoms with Gasteiger partial charge in [0.25, 0.3) is 0 Å². The minimum absolute atomic E-state index is 0.00886. The maximum absolute atomic E-state index is 13.7. The molecule has 9 nitrogen and oxygen atoms in total. The van der Waals surface area contributed by atoms with E-state index in [2.05, 4.69) is 6.92 Å². The SMILES string of the molecule is C[C@@]12CCC[C@](C)(C(=O)O[C@@H]3O[C@H](CO)[C@@H](O)[C@H](O)[C@H]3O)C1CCC13CC(CCC12)[C@](O)(CO)C3. The van der Waals surface area contributed by atoms with E-state index < -0.39 is 54.3 Å². The van der Waals surface area contributed by atoms with E-state index in [1.807, 2.05) is 6.92 Å². The van der Waals surface area contributed by atoms with Crippen LogP contribution in [0.2, 0.25) is 0 Å². The lowest BCUT2D eigenvalue weighted by Gasteiger charge is -2.63. The predicted molar refractivity (Wildman–Crippen MR) is 123 cm³/mol. The molecule has 6 N–H and O–H groups in total. The first-order valence-corrected chi connectivity index (χ1v) is 13.3. The van der Waals surface area contributed by atoms with Crippen LogP contribution in [0.25, 0.3) is 0 Å². The maximum atomic E-state index is 13.7. The van der Waals surface area contributed by atoms with Gasteiger partial charge in [0.05, 0.1) is 24.2 Å². The number of hydrogen-bond acceptors (Lipinski definition) is 9. The number of aliphatic hydroxyl groups excluding tert-OH is 5. The third-order valence-corrected chi connectivity index (χ3v) is 11.1. The van der Waals surface area contributed by atoms with Gasteiger partial charge in [0.15, 0.2) is 0 Å². The van der Waals surface area contributed by atoms with E-state index in [1.165, 1.54) is 0 Å². The maximum Gasteiger partial charge on any atom is 0.314 e. The Balaban J connectivity index is 1.38. The van der Waals surface area contributed by atoms with Crippen LogP contribution in [0.4, 0.5) is 0 Å². The molecule has 1 aliphatic heterocycles. The van der Waals surface area contributed by atoms with E-state index in [0.29, 0.717) is 18.8 Å². The van der Waals surface area contributed by atoms with E-state index in [0.717, 1.165) is 44.9 Å². The number of rotatable bonds is 4. The average Bonchev–Trinajstić information content (AvgIpc) is 3.04. The number of carbonyl (C=O) groups excluding carboxylic acids is 1. The first-order chi connectivity index (χ1) is 16.4. The number of fused-ring (bicyclic) bond motifs is 3. The number of hydrogen-bond donors (Lipinski definition) is 6. The van der Waals surface area contributed by atoms with Crippen molar-refractivity contribution in [1.82, 2.24) is 0 Å². The monoisotopic (exact) mass is 498 g/mol. The molecule has 2 bridgehead atoms. The highest BCUT2D eigenvalue weighted by Crippen LogP contribution is 2.73. The van der Waals surface area contributed by atoms with Crippen molar-refractivity contribution in [2.24, 2.45) is 34.0 Å². The molecule has 1 saturated heterocycles. The Morgan fingerprint density at radius 2 is 1.71 bits per heavy atom. The molecule has 35 heavy (non-hydrogen) atoms. The van der Waals surface area contributed by atoms with Crippen molar-refractivity contribution in [3.8, 4) is 0 Å². The third-order valence-electron chi connectivity index (χ3n) is 11.1. The summed E-state index contributed by atoms with van der Waals surface area (Å²) in [5, 5.41) is 61.1. The Bertz CT molecular complexity index is 836. The third kappa shape index (κ3) is 3.64. The summed E-state index contributed by atoms with van der Waals surface area (Å²) in [5.41, 5.74) is -1.94. The molecule has 4 saturated carbocycles. The van der Waals surface area contributed by atoms with Crippen LogP contribution in [-0.4, -0.2) is 86.1 Å². The Morgan fingerprint density at radius 1 is 0.971 bits per heavy atom. The average molecular weight is 499 g/mol. The Kier molecular flexibility index (Phi) is 6.35. The van der Waals surface area contributed by atoms with Gasteiger partial charge in [-0.3, -0.25) is 4.79 Å². The van der Waals surface area contributed by atoms with Gasteiger partial charge >= 0.3 is 5.97 Å². The zero-order valence-electron chi connectivity index (χ0n) is 20.8. The highest BCUT2D eigenvalue weighted by atomic mass is 16.7. The van der Waals surface area contributed by atoms with Gasteiger partial charge in [0, 0.05) is 0 Å². The summed E-state index contributed by atoms with van der Waals surface area (Å²) in [7, 11) is 0. The van der Waals surface area contributed by atoms with E-state index in [9.17, 15) is 35.4 Å². The van der Waals surface area contributed by atoms with Gasteiger partial charge in [0.2, 0.25) is 6.29 Å². The van der Waals surface area contributed by atoms with Crippen molar-refractivity contribution in [3.05, 3.63) is 0 Å². The molecule has 0 radical (unpaired) electrons. The second-order valence-electron chi connectivity index (χ2n) is 12.8. The van der Waals surface area contributed by atoms with Gasteiger partial charge in [-0.05, 0) is 86.9 Å². The summed E-state index contributed by atoms with van der Waals surface area (Å²) in [6, 6.07) is 0. The van der Waals surface area contributed by atoms with E-state index >= 15 is 0 Å². The second kappa shape index (κ2) is 8.61.